The number of phenolic OH excluding ortho intramolecular Hbond substituents is 1. The Bertz CT molecular complexity index is 1440. The Morgan fingerprint density at radius 1 is 0.975 bits per heavy atom. The molecule has 10 heteroatoms. The molecule has 2 N–H and O–H groups in total. The smallest absolute Gasteiger partial charge is 0.338 e. The minimum absolute atomic E-state index is 0.103. The average molecular weight is 548 g/mol. The number of carbonyl (C=O) groups is 2. The number of benzene rings is 3. The number of carbonyl (C=O) groups excluding carboxylic acids is 2. The van der Waals surface area contributed by atoms with Gasteiger partial charge in [-0.25, -0.2) is 4.79 Å². The molecule has 0 aromatic heterocycles. The molecule has 3 aromatic carbocycles. The molecule has 1 saturated heterocycles. The molecule has 1 aliphatic carbocycles. The summed E-state index contributed by atoms with van der Waals surface area (Å²) in [6.07, 6.45) is 0. The highest BCUT2D eigenvalue weighted by Gasteiger charge is 2.52. The lowest BCUT2D eigenvalue weighted by Gasteiger charge is -2.40. The Hall–Kier alpha value is -4.60. The van der Waals surface area contributed by atoms with Crippen LogP contribution in [0, 0.1) is 11.8 Å². The van der Waals surface area contributed by atoms with E-state index in [0.717, 1.165) is 22.4 Å². The number of methoxy groups -OCH3 is 2. The number of phenols is 1. The molecule has 3 aromatic rings. The molecule has 0 radical (unpaired) electrons. The van der Waals surface area contributed by atoms with E-state index in [-0.39, 0.29) is 54.5 Å². The summed E-state index contributed by atoms with van der Waals surface area (Å²) in [6, 6.07) is 14.0. The van der Waals surface area contributed by atoms with Gasteiger partial charge in [-0.1, -0.05) is 0 Å². The fourth-order valence-corrected chi connectivity index (χ4v) is 5.94. The second kappa shape index (κ2) is 10.2. The van der Waals surface area contributed by atoms with Crippen LogP contribution in [0.5, 0.6) is 28.7 Å². The Kier molecular flexibility index (Phi) is 6.53. The van der Waals surface area contributed by atoms with Crippen LogP contribution in [0.2, 0.25) is 0 Å². The van der Waals surface area contributed by atoms with Crippen LogP contribution in [0.25, 0.3) is 0 Å². The van der Waals surface area contributed by atoms with Crippen molar-refractivity contribution in [3.63, 3.8) is 0 Å². The van der Waals surface area contributed by atoms with Crippen molar-refractivity contribution < 1.29 is 43.1 Å². The van der Waals surface area contributed by atoms with E-state index in [1.165, 1.54) is 14.2 Å². The van der Waals surface area contributed by atoms with E-state index in [4.69, 9.17) is 28.4 Å². The molecule has 2 aliphatic heterocycles. The molecule has 0 saturated carbocycles. The fraction of sp³-hybridized carbons (Fsp3) is 0.333. The summed E-state index contributed by atoms with van der Waals surface area (Å²) < 4.78 is 33.0. The number of esters is 2. The van der Waals surface area contributed by atoms with Crippen LogP contribution < -0.4 is 24.3 Å². The molecule has 4 atom stereocenters. The molecule has 0 amide bonds. The van der Waals surface area contributed by atoms with Gasteiger partial charge in [0.15, 0.2) is 23.0 Å². The fourth-order valence-electron chi connectivity index (χ4n) is 5.94. The molecule has 10 nitrogen and oxygen atoms in total. The first-order valence-electron chi connectivity index (χ1n) is 13.0. The standard InChI is InChI=1S/C30H29NO9/c1-4-37-29(33)15-5-7-17(8-6-15)31-27-19-12-22-21(39-14-40-22)11-18(19)25(26-20(27)13-38-30(26)34)16-9-23(35-2)28(32)24(10-16)36-3/h5-12,20,25-27,31-32H,4,13-14H2,1-3H3/t20?,25?,26-,27+/m0/s1. The first kappa shape index (κ1) is 25.7. The van der Waals surface area contributed by atoms with Gasteiger partial charge in [-0.3, -0.25) is 4.79 Å². The van der Waals surface area contributed by atoms with Crippen molar-refractivity contribution in [1.82, 2.24) is 0 Å². The summed E-state index contributed by atoms with van der Waals surface area (Å²) in [7, 11) is 2.93. The SMILES string of the molecule is CCOC(=O)c1ccc(N[C@@H]2c3cc4c(cc3C(c3cc(OC)c(O)c(OC)c3)[C@H]3C(=O)OCC32)OCO4)cc1. The zero-order valence-electron chi connectivity index (χ0n) is 22.3. The van der Waals surface area contributed by atoms with Crippen molar-refractivity contribution in [2.45, 2.75) is 18.9 Å². The van der Waals surface area contributed by atoms with Crippen molar-refractivity contribution in [2.75, 3.05) is 39.5 Å². The van der Waals surface area contributed by atoms with Crippen molar-refractivity contribution in [1.29, 1.82) is 0 Å². The number of nitrogens with one attached hydrogen (secondary N) is 1. The van der Waals surface area contributed by atoms with Gasteiger partial charge in [-0.05, 0) is 72.1 Å². The van der Waals surface area contributed by atoms with Crippen LogP contribution >= 0.6 is 0 Å². The first-order valence-corrected chi connectivity index (χ1v) is 13.0. The Labute approximate surface area is 230 Å². The summed E-state index contributed by atoms with van der Waals surface area (Å²) in [4.78, 5) is 25.5. The number of ether oxygens (including phenoxy) is 6. The number of aromatic hydroxyl groups is 1. The van der Waals surface area contributed by atoms with Crippen LogP contribution in [0.1, 0.15) is 45.9 Å². The van der Waals surface area contributed by atoms with E-state index in [1.807, 2.05) is 24.3 Å². The molecule has 2 unspecified atom stereocenters. The number of fused-ring (bicyclic) bond motifs is 3. The van der Waals surface area contributed by atoms with Crippen molar-refractivity contribution >= 4 is 17.6 Å². The molecule has 0 bridgehead atoms. The van der Waals surface area contributed by atoms with Gasteiger partial charge in [0.1, 0.15) is 0 Å². The predicted octanol–water partition coefficient (Wildman–Crippen LogP) is 4.40. The molecule has 40 heavy (non-hydrogen) atoms. The maximum absolute atomic E-state index is 13.3. The third-order valence-corrected chi connectivity index (χ3v) is 7.77. The maximum atomic E-state index is 13.3. The molecule has 208 valence electrons. The van der Waals surface area contributed by atoms with E-state index in [1.54, 1.807) is 31.2 Å². The van der Waals surface area contributed by atoms with Crippen LogP contribution in [-0.4, -0.2) is 51.3 Å². The highest BCUT2D eigenvalue weighted by molar-refractivity contribution is 5.89. The Morgan fingerprint density at radius 3 is 2.25 bits per heavy atom. The summed E-state index contributed by atoms with van der Waals surface area (Å²) in [5.41, 5.74) is 3.74. The molecule has 2 heterocycles. The van der Waals surface area contributed by atoms with E-state index in [0.29, 0.717) is 23.7 Å². The minimum atomic E-state index is -0.539. The Morgan fingerprint density at radius 2 is 1.62 bits per heavy atom. The summed E-state index contributed by atoms with van der Waals surface area (Å²) in [5, 5.41) is 14.1. The van der Waals surface area contributed by atoms with Gasteiger partial charge in [-0.2, -0.15) is 0 Å². The van der Waals surface area contributed by atoms with Crippen LogP contribution in [-0.2, 0) is 14.3 Å². The zero-order chi connectivity index (χ0) is 28.0. The van der Waals surface area contributed by atoms with Crippen molar-refractivity contribution in [3.05, 3.63) is 70.8 Å². The molecule has 6 rings (SSSR count). The first-order chi connectivity index (χ1) is 19.4. The lowest BCUT2D eigenvalue weighted by Crippen LogP contribution is -2.37. The number of hydrogen-bond donors (Lipinski definition) is 2. The number of hydrogen-bond acceptors (Lipinski definition) is 10. The molecule has 1 fully saturated rings. The zero-order valence-corrected chi connectivity index (χ0v) is 22.3. The average Bonchev–Trinajstić information content (AvgIpc) is 3.59. The van der Waals surface area contributed by atoms with E-state index >= 15 is 0 Å². The highest BCUT2D eigenvalue weighted by Crippen LogP contribution is 2.56. The minimum Gasteiger partial charge on any atom is -0.502 e. The van der Waals surface area contributed by atoms with Gasteiger partial charge in [0, 0.05) is 17.5 Å². The number of cyclic esters (lactones) is 1. The van der Waals surface area contributed by atoms with Crippen LogP contribution in [0.3, 0.4) is 0 Å². The lowest BCUT2D eigenvalue weighted by molar-refractivity contribution is -0.141. The predicted molar refractivity (Wildman–Crippen MR) is 142 cm³/mol. The van der Waals surface area contributed by atoms with Gasteiger partial charge in [0.05, 0.1) is 45.0 Å². The normalized spacial score (nSPS) is 22.1. The summed E-state index contributed by atoms with van der Waals surface area (Å²) in [6.45, 7) is 2.38. The number of anilines is 1. The largest absolute Gasteiger partial charge is 0.502 e. The van der Waals surface area contributed by atoms with E-state index < -0.39 is 11.8 Å². The molecule has 3 aliphatic rings. The third-order valence-electron chi connectivity index (χ3n) is 7.77. The topological polar surface area (TPSA) is 122 Å². The third kappa shape index (κ3) is 4.20. The molecule has 0 spiro atoms. The summed E-state index contributed by atoms with van der Waals surface area (Å²) in [5.74, 6) is -0.345. The van der Waals surface area contributed by atoms with Crippen molar-refractivity contribution in [2.24, 2.45) is 11.8 Å². The second-order valence-electron chi connectivity index (χ2n) is 9.83. The van der Waals surface area contributed by atoms with Crippen molar-refractivity contribution in [3.8, 4) is 28.7 Å². The lowest BCUT2D eigenvalue weighted by atomic mass is 9.65. The monoisotopic (exact) mass is 547 g/mol. The molecular weight excluding hydrogens is 518 g/mol. The Balaban J connectivity index is 1.47. The second-order valence-corrected chi connectivity index (χ2v) is 9.83. The summed E-state index contributed by atoms with van der Waals surface area (Å²) >= 11 is 0. The van der Waals surface area contributed by atoms with E-state index in [9.17, 15) is 14.7 Å². The van der Waals surface area contributed by atoms with Gasteiger partial charge in [0.2, 0.25) is 12.5 Å². The van der Waals surface area contributed by atoms with Crippen LogP contribution in [0.4, 0.5) is 5.69 Å². The highest BCUT2D eigenvalue weighted by atomic mass is 16.7. The maximum Gasteiger partial charge on any atom is 0.338 e. The molecular formula is C30H29NO9. The van der Waals surface area contributed by atoms with Gasteiger partial charge in [0.25, 0.3) is 0 Å². The number of rotatable bonds is 7. The van der Waals surface area contributed by atoms with Crippen LogP contribution in [0.15, 0.2) is 48.5 Å². The quantitative estimate of drug-likeness (QED) is 0.412. The van der Waals surface area contributed by atoms with Gasteiger partial charge < -0.3 is 38.8 Å². The van der Waals surface area contributed by atoms with Gasteiger partial charge in [-0.15, -0.1) is 0 Å². The van der Waals surface area contributed by atoms with Gasteiger partial charge >= 0.3 is 11.9 Å². The van der Waals surface area contributed by atoms with E-state index in [2.05, 4.69) is 5.32 Å².